The predicted octanol–water partition coefficient (Wildman–Crippen LogP) is 3.67. The molecule has 1 aromatic rings. The average molecular weight is 318 g/mol. The maximum Gasteiger partial charge on any atom is 0.330 e. The highest BCUT2D eigenvalue weighted by atomic mass is 16.4. The fourth-order valence-corrected chi connectivity index (χ4v) is 1.62. The Bertz CT molecular complexity index is 488. The van der Waals surface area contributed by atoms with Gasteiger partial charge in [-0.2, -0.15) is 0 Å². The van der Waals surface area contributed by atoms with Gasteiger partial charge in [-0.25, -0.2) is 4.79 Å². The highest BCUT2D eigenvalue weighted by molar-refractivity contribution is 5.85. The molecule has 0 amide bonds. The van der Waals surface area contributed by atoms with Crippen molar-refractivity contribution < 1.29 is 9.90 Å². The van der Waals surface area contributed by atoms with Crippen LogP contribution < -0.4 is 10.6 Å². The van der Waals surface area contributed by atoms with Crippen LogP contribution in [-0.4, -0.2) is 30.2 Å². The molecule has 0 bridgehead atoms. The molecule has 128 valence electrons. The zero-order chi connectivity index (χ0) is 17.7. The van der Waals surface area contributed by atoms with E-state index in [-0.39, 0.29) is 11.1 Å². The molecule has 1 aromatic carbocycles. The van der Waals surface area contributed by atoms with Crippen LogP contribution in [0.15, 0.2) is 48.7 Å². The smallest absolute Gasteiger partial charge is 0.330 e. The lowest BCUT2D eigenvalue weighted by Gasteiger charge is -2.20. The molecule has 4 heteroatoms. The average Bonchev–Trinajstić information content (AvgIpc) is 2.50. The largest absolute Gasteiger partial charge is 0.478 e. The van der Waals surface area contributed by atoms with Crippen molar-refractivity contribution in [1.82, 2.24) is 10.6 Å². The third-order valence-electron chi connectivity index (χ3n) is 2.86. The Morgan fingerprint density at radius 1 is 1.26 bits per heavy atom. The summed E-state index contributed by atoms with van der Waals surface area (Å²) in [6, 6.07) is 10.2. The van der Waals surface area contributed by atoms with Crippen molar-refractivity contribution in [3.63, 3.8) is 0 Å². The number of benzene rings is 1. The third kappa shape index (κ3) is 13.3. The van der Waals surface area contributed by atoms with Gasteiger partial charge in [-0.3, -0.25) is 0 Å². The Labute approximate surface area is 140 Å². The molecule has 0 fully saturated rings. The van der Waals surface area contributed by atoms with Gasteiger partial charge in [-0.1, -0.05) is 36.9 Å². The van der Waals surface area contributed by atoms with Crippen molar-refractivity contribution in [3.05, 3.63) is 54.2 Å². The Morgan fingerprint density at radius 3 is 2.35 bits per heavy atom. The molecular formula is C19H30N2O2. The van der Waals surface area contributed by atoms with Gasteiger partial charge in [-0.05, 0) is 58.0 Å². The summed E-state index contributed by atoms with van der Waals surface area (Å²) in [6.07, 6.45) is 5.32. The van der Waals surface area contributed by atoms with Crippen LogP contribution in [-0.2, 0) is 4.79 Å². The second-order valence-electron chi connectivity index (χ2n) is 6.22. The Hall–Kier alpha value is -2.07. The first-order valence-corrected chi connectivity index (χ1v) is 7.81. The van der Waals surface area contributed by atoms with E-state index < -0.39 is 5.97 Å². The second-order valence-corrected chi connectivity index (χ2v) is 6.22. The van der Waals surface area contributed by atoms with Gasteiger partial charge in [0.15, 0.2) is 0 Å². The normalized spacial score (nSPS) is 10.8. The lowest BCUT2D eigenvalue weighted by molar-refractivity contribution is -0.132. The van der Waals surface area contributed by atoms with Gasteiger partial charge in [0, 0.05) is 18.2 Å². The summed E-state index contributed by atoms with van der Waals surface area (Å²) < 4.78 is 0. The highest BCUT2D eigenvalue weighted by Crippen LogP contribution is 2.03. The molecule has 1 rings (SSSR count). The summed E-state index contributed by atoms with van der Waals surface area (Å²) in [4.78, 5) is 10.4. The van der Waals surface area contributed by atoms with Gasteiger partial charge in [0.2, 0.25) is 0 Å². The molecule has 0 spiro atoms. The minimum absolute atomic E-state index is 0.102. The van der Waals surface area contributed by atoms with Crippen LogP contribution in [0.4, 0.5) is 0 Å². The zero-order valence-electron chi connectivity index (χ0n) is 14.7. The van der Waals surface area contributed by atoms with E-state index in [4.69, 9.17) is 5.11 Å². The second kappa shape index (κ2) is 11.5. The third-order valence-corrected chi connectivity index (χ3v) is 2.86. The van der Waals surface area contributed by atoms with Crippen LogP contribution in [0.5, 0.6) is 0 Å². The van der Waals surface area contributed by atoms with Crippen molar-refractivity contribution >= 4 is 12.0 Å². The van der Waals surface area contributed by atoms with E-state index in [9.17, 15) is 4.79 Å². The molecular weight excluding hydrogens is 288 g/mol. The molecule has 3 N–H and O–H groups in total. The van der Waals surface area contributed by atoms with Gasteiger partial charge < -0.3 is 15.7 Å². The number of hydrogen-bond donors (Lipinski definition) is 3. The van der Waals surface area contributed by atoms with Crippen LogP contribution in [0.2, 0.25) is 0 Å². The van der Waals surface area contributed by atoms with Gasteiger partial charge in [0.05, 0.1) is 0 Å². The number of carbonyl (C=O) groups is 1. The lowest BCUT2D eigenvalue weighted by Crippen LogP contribution is -2.36. The van der Waals surface area contributed by atoms with E-state index in [1.54, 1.807) is 0 Å². The number of carboxylic acid groups (broad SMARTS) is 1. The molecule has 0 aliphatic heterocycles. The molecule has 0 radical (unpaired) electrons. The molecule has 0 saturated carbocycles. The van der Waals surface area contributed by atoms with E-state index in [1.807, 2.05) is 37.5 Å². The number of aliphatic carboxylic acids is 1. The van der Waals surface area contributed by atoms with Crippen LogP contribution in [0, 0.1) is 0 Å². The van der Waals surface area contributed by atoms with Crippen molar-refractivity contribution in [2.75, 3.05) is 13.6 Å². The summed E-state index contributed by atoms with van der Waals surface area (Å²) in [7, 11) is 1.89. The highest BCUT2D eigenvalue weighted by Gasteiger charge is 2.08. The van der Waals surface area contributed by atoms with Gasteiger partial charge in [0.25, 0.3) is 0 Å². The first-order valence-electron chi connectivity index (χ1n) is 7.81. The van der Waals surface area contributed by atoms with E-state index >= 15 is 0 Å². The first-order chi connectivity index (χ1) is 10.8. The van der Waals surface area contributed by atoms with Crippen LogP contribution >= 0.6 is 0 Å². The predicted molar refractivity (Wildman–Crippen MR) is 98.3 cm³/mol. The molecule has 0 atom stereocenters. The molecule has 0 aromatic heterocycles. The molecule has 23 heavy (non-hydrogen) atoms. The maximum atomic E-state index is 10.4. The minimum Gasteiger partial charge on any atom is -0.478 e. The van der Waals surface area contributed by atoms with Crippen molar-refractivity contribution in [2.45, 2.75) is 39.2 Å². The minimum atomic E-state index is -0.893. The molecule has 0 saturated heterocycles. The summed E-state index contributed by atoms with van der Waals surface area (Å²) >= 11 is 0. The quantitative estimate of drug-likeness (QED) is 0.530. The number of carboxylic acids is 1. The van der Waals surface area contributed by atoms with Gasteiger partial charge in [0.1, 0.15) is 0 Å². The van der Waals surface area contributed by atoms with Crippen LogP contribution in [0.1, 0.15) is 39.2 Å². The maximum absolute atomic E-state index is 10.4. The molecule has 0 unspecified atom stereocenters. The zero-order valence-corrected chi connectivity index (χ0v) is 14.7. The van der Waals surface area contributed by atoms with Crippen LogP contribution in [0.3, 0.4) is 0 Å². The van der Waals surface area contributed by atoms with Gasteiger partial charge >= 0.3 is 5.97 Å². The lowest BCUT2D eigenvalue weighted by atomic mass is 10.1. The van der Waals surface area contributed by atoms with E-state index in [1.165, 1.54) is 5.56 Å². The van der Waals surface area contributed by atoms with E-state index in [2.05, 4.69) is 50.1 Å². The molecule has 0 heterocycles. The summed E-state index contributed by atoms with van der Waals surface area (Å²) in [6.45, 7) is 10.5. The number of rotatable bonds is 7. The Morgan fingerprint density at radius 2 is 1.87 bits per heavy atom. The Kier molecular flexibility index (Phi) is 10.5. The molecule has 0 aliphatic carbocycles. The summed E-state index contributed by atoms with van der Waals surface area (Å²) in [5, 5.41) is 14.7. The van der Waals surface area contributed by atoms with Crippen molar-refractivity contribution in [1.29, 1.82) is 0 Å². The molecule has 4 nitrogen and oxygen atoms in total. The van der Waals surface area contributed by atoms with Gasteiger partial charge in [-0.15, -0.1) is 0 Å². The topological polar surface area (TPSA) is 61.4 Å². The van der Waals surface area contributed by atoms with Crippen molar-refractivity contribution in [2.24, 2.45) is 0 Å². The van der Waals surface area contributed by atoms with E-state index in [0.717, 1.165) is 13.0 Å². The molecule has 0 aliphatic rings. The fourth-order valence-electron chi connectivity index (χ4n) is 1.62. The first kappa shape index (κ1) is 20.9. The van der Waals surface area contributed by atoms with Crippen molar-refractivity contribution in [3.8, 4) is 0 Å². The monoisotopic (exact) mass is 318 g/mol. The number of hydrogen-bond acceptors (Lipinski definition) is 3. The number of nitrogens with one attached hydrogen (secondary N) is 2. The Balaban J connectivity index is 0.000000433. The fraction of sp³-hybridized carbons (Fsp3) is 0.421. The standard InChI is InChI=1S/C10H19NO2.C9H11N/c1-8(9(12)13)6-5-7-11-10(2,3)4;1-10-8-7-9-5-3-2-4-6-9/h11H,1,5-7H2,2-4H3,(H,12,13);2-8,10H,1H3. The SMILES string of the molecule is C=C(CCCNC(C)(C)C)C(=O)O.CNC=Cc1ccccc1. The van der Waals surface area contributed by atoms with E-state index in [0.29, 0.717) is 6.42 Å². The van der Waals surface area contributed by atoms with Crippen LogP contribution in [0.25, 0.3) is 6.08 Å². The summed E-state index contributed by atoms with van der Waals surface area (Å²) in [5.41, 5.74) is 1.61. The summed E-state index contributed by atoms with van der Waals surface area (Å²) in [5.74, 6) is -0.893.